The van der Waals surface area contributed by atoms with Crippen LogP contribution >= 0.6 is 7.82 Å². The molecule has 0 spiro atoms. The summed E-state index contributed by atoms with van der Waals surface area (Å²) in [6.45, 7) is 4.28. The van der Waals surface area contributed by atoms with Crippen LogP contribution in [0.4, 0.5) is 0 Å². The third-order valence-corrected chi connectivity index (χ3v) is 15.7. The number of esters is 2. The molecule has 0 bridgehead atoms. The van der Waals surface area contributed by atoms with Gasteiger partial charge in [-0.2, -0.15) is 0 Å². The van der Waals surface area contributed by atoms with E-state index in [-0.39, 0.29) is 32.0 Å². The maximum atomic E-state index is 12.8. The van der Waals surface area contributed by atoms with Gasteiger partial charge in [0, 0.05) is 12.8 Å². The van der Waals surface area contributed by atoms with Gasteiger partial charge in [0.15, 0.2) is 6.10 Å². The summed E-state index contributed by atoms with van der Waals surface area (Å²) in [5.41, 5.74) is 0. The molecule has 0 aliphatic heterocycles. The maximum absolute atomic E-state index is 12.8. The summed E-state index contributed by atoms with van der Waals surface area (Å²) in [5, 5.41) is 0. The summed E-state index contributed by atoms with van der Waals surface area (Å²) in [7, 11) is 1.45. The Morgan fingerprint density at radius 2 is 0.713 bits per heavy atom. The van der Waals surface area contributed by atoms with Crippen molar-refractivity contribution in [2.75, 3.05) is 47.5 Å². The van der Waals surface area contributed by atoms with Crippen LogP contribution in [-0.2, 0) is 32.7 Å². The average molecular weight is 1140 g/mol. The quantitative estimate of drug-likeness (QED) is 0.0211. The highest BCUT2D eigenvalue weighted by atomic mass is 31.2. The van der Waals surface area contributed by atoms with Gasteiger partial charge in [-0.25, -0.2) is 4.57 Å². The lowest BCUT2D eigenvalue weighted by Crippen LogP contribution is -2.37. The van der Waals surface area contributed by atoms with Crippen molar-refractivity contribution in [1.29, 1.82) is 0 Å². The highest BCUT2D eigenvalue weighted by Gasteiger charge is 2.27. The van der Waals surface area contributed by atoms with Crippen molar-refractivity contribution in [2.45, 2.75) is 315 Å². The van der Waals surface area contributed by atoms with Gasteiger partial charge in [-0.3, -0.25) is 18.6 Å². The fourth-order valence-electron chi connectivity index (χ4n) is 9.57. The Balaban J connectivity index is 3.86. The second-order valence-corrected chi connectivity index (χ2v) is 25.3. The largest absolute Gasteiger partial charge is 0.472 e. The van der Waals surface area contributed by atoms with Crippen LogP contribution in [0.15, 0.2) is 72.9 Å². The van der Waals surface area contributed by atoms with Gasteiger partial charge < -0.3 is 18.9 Å². The summed E-state index contributed by atoms with van der Waals surface area (Å²) in [5.74, 6) is -0.838. The van der Waals surface area contributed by atoms with Gasteiger partial charge in [0.2, 0.25) is 0 Å². The first-order chi connectivity index (χ1) is 39.0. The van der Waals surface area contributed by atoms with Crippen molar-refractivity contribution in [3.63, 3.8) is 0 Å². The number of carbonyl (C=O) groups excluding carboxylic acids is 2. The Labute approximate surface area is 495 Å². The number of hydrogen-bond acceptors (Lipinski definition) is 7. The lowest BCUT2D eigenvalue weighted by Gasteiger charge is -2.24. The van der Waals surface area contributed by atoms with Crippen molar-refractivity contribution in [3.8, 4) is 0 Å². The topological polar surface area (TPSA) is 108 Å². The second kappa shape index (κ2) is 61.0. The van der Waals surface area contributed by atoms with Crippen molar-refractivity contribution in [2.24, 2.45) is 0 Å². The summed E-state index contributed by atoms with van der Waals surface area (Å²) in [4.78, 5) is 35.7. The number of carbonyl (C=O) groups is 2. The van der Waals surface area contributed by atoms with Gasteiger partial charge in [-0.05, 0) is 83.5 Å². The molecule has 0 aliphatic rings. The molecule has 0 aromatic heterocycles. The molecule has 0 saturated heterocycles. The van der Waals surface area contributed by atoms with E-state index in [9.17, 15) is 19.0 Å². The molecule has 0 saturated carbocycles. The van der Waals surface area contributed by atoms with Crippen LogP contribution in [0.2, 0.25) is 0 Å². The molecule has 466 valence electrons. The predicted octanol–water partition coefficient (Wildman–Crippen LogP) is 21.6. The molecule has 0 rings (SSSR count). The average Bonchev–Trinajstić information content (AvgIpc) is 3.42. The molecule has 80 heavy (non-hydrogen) atoms. The maximum Gasteiger partial charge on any atom is 0.472 e. The Hall–Kier alpha value is -2.55. The van der Waals surface area contributed by atoms with E-state index in [0.29, 0.717) is 17.4 Å². The lowest BCUT2D eigenvalue weighted by molar-refractivity contribution is -0.870. The van der Waals surface area contributed by atoms with E-state index in [2.05, 4.69) is 86.8 Å². The molecule has 0 aliphatic carbocycles. The number of ether oxygens (including phenoxy) is 2. The van der Waals surface area contributed by atoms with E-state index < -0.39 is 26.5 Å². The first-order valence-electron chi connectivity index (χ1n) is 33.7. The van der Waals surface area contributed by atoms with Gasteiger partial charge in [0.25, 0.3) is 0 Å². The number of phosphoric acid groups is 1. The fraction of sp³-hybridized carbons (Fsp3) is 0.800. The third kappa shape index (κ3) is 64.6. The van der Waals surface area contributed by atoms with Gasteiger partial charge in [0.05, 0.1) is 27.7 Å². The zero-order chi connectivity index (χ0) is 58.4. The molecule has 0 fully saturated rings. The number of likely N-dealkylation sites (N-methyl/N-ethyl adjacent to an activating group) is 1. The number of phosphoric ester groups is 1. The Kier molecular flexibility index (Phi) is 59.1. The summed E-state index contributed by atoms with van der Waals surface area (Å²) in [6, 6.07) is 0. The monoisotopic (exact) mass is 1140 g/mol. The molecule has 2 unspecified atom stereocenters. The molecular formula is C70H129NO8P+. The molecule has 0 heterocycles. The van der Waals surface area contributed by atoms with Crippen LogP contribution in [0.3, 0.4) is 0 Å². The smallest absolute Gasteiger partial charge is 0.462 e. The molecule has 0 radical (unpaired) electrons. The van der Waals surface area contributed by atoms with E-state index >= 15 is 0 Å². The molecule has 0 aromatic rings. The number of hydrogen-bond donors (Lipinski definition) is 1. The standard InChI is InChI=1S/C70H128NO8P/c1-6-8-10-12-14-16-18-20-22-23-24-25-26-27-28-29-30-31-32-33-34-35-36-37-38-39-40-41-42-43-44-45-46-47-49-50-52-54-56-58-60-62-69(72)76-66-68(67-78-80(74,75)77-65-64-71(3,4)5)79-70(73)63-61-59-57-55-53-51-48-21-19-17-15-13-11-9-7-2/h9,11,15,17-18,20-21,23-24,48,53,55,68H,6-8,10,12-14,16,19,22,25-47,49-52,54,56-67H2,1-5H3/p+1/b11-9-,17-15-,20-18-,24-23-,48-21-,55-53-. The van der Waals surface area contributed by atoms with E-state index in [1.807, 2.05) is 21.1 Å². The first kappa shape index (κ1) is 77.5. The summed E-state index contributed by atoms with van der Waals surface area (Å²) < 4.78 is 34.5. The number of quaternary nitrogens is 1. The van der Waals surface area contributed by atoms with Gasteiger partial charge in [-0.15, -0.1) is 0 Å². The molecule has 0 amide bonds. The van der Waals surface area contributed by atoms with Crippen LogP contribution in [-0.4, -0.2) is 74.9 Å². The van der Waals surface area contributed by atoms with Crippen LogP contribution in [0.1, 0.15) is 309 Å². The van der Waals surface area contributed by atoms with E-state index in [1.54, 1.807) is 0 Å². The zero-order valence-corrected chi connectivity index (χ0v) is 54.0. The van der Waals surface area contributed by atoms with Crippen molar-refractivity contribution in [3.05, 3.63) is 72.9 Å². The van der Waals surface area contributed by atoms with E-state index in [1.165, 1.54) is 212 Å². The Morgan fingerprint density at radius 1 is 0.400 bits per heavy atom. The van der Waals surface area contributed by atoms with E-state index in [4.69, 9.17) is 18.5 Å². The Morgan fingerprint density at radius 3 is 1.09 bits per heavy atom. The van der Waals surface area contributed by atoms with Gasteiger partial charge in [-0.1, -0.05) is 286 Å². The highest BCUT2D eigenvalue weighted by molar-refractivity contribution is 7.47. The minimum absolute atomic E-state index is 0.0225. The zero-order valence-electron chi connectivity index (χ0n) is 53.1. The molecule has 9 nitrogen and oxygen atoms in total. The summed E-state index contributed by atoms with van der Waals surface area (Å²) in [6.07, 6.45) is 81.9. The minimum atomic E-state index is -4.40. The number of unbranched alkanes of at least 4 members (excludes halogenated alkanes) is 36. The van der Waals surface area contributed by atoms with Crippen LogP contribution in [0.5, 0.6) is 0 Å². The first-order valence-corrected chi connectivity index (χ1v) is 35.2. The third-order valence-electron chi connectivity index (χ3n) is 14.7. The second-order valence-electron chi connectivity index (χ2n) is 23.8. The van der Waals surface area contributed by atoms with Crippen molar-refractivity contribution in [1.82, 2.24) is 0 Å². The number of nitrogens with zero attached hydrogens (tertiary/aromatic N) is 1. The highest BCUT2D eigenvalue weighted by Crippen LogP contribution is 2.43. The molecule has 10 heteroatoms. The van der Waals surface area contributed by atoms with E-state index in [0.717, 1.165) is 64.2 Å². The Bertz CT molecular complexity index is 1580. The minimum Gasteiger partial charge on any atom is -0.462 e. The molecule has 1 N–H and O–H groups in total. The number of rotatable bonds is 62. The van der Waals surface area contributed by atoms with Crippen LogP contribution in [0, 0.1) is 0 Å². The van der Waals surface area contributed by atoms with Crippen molar-refractivity contribution >= 4 is 19.8 Å². The number of allylic oxidation sites excluding steroid dienone is 12. The lowest BCUT2D eigenvalue weighted by atomic mass is 10.0. The SMILES string of the molecule is CC/C=C\C/C=C\C/C=C\C/C=C\CCCCC(=O)OC(COC(=O)CCCCCCCCCCCCCCCCCCCCCCCCCCCCCCC/C=C\C/C=C\CCCCCCC)COP(=O)(O)OCC[N+](C)(C)C. The van der Waals surface area contributed by atoms with Crippen molar-refractivity contribution < 1.29 is 42.1 Å². The normalized spacial score (nSPS) is 13.6. The summed E-state index contributed by atoms with van der Waals surface area (Å²) >= 11 is 0. The van der Waals surface area contributed by atoms with Gasteiger partial charge >= 0.3 is 19.8 Å². The van der Waals surface area contributed by atoms with Crippen LogP contribution < -0.4 is 0 Å². The molecule has 0 aromatic carbocycles. The molecule has 2 atom stereocenters. The van der Waals surface area contributed by atoms with Crippen LogP contribution in [0.25, 0.3) is 0 Å². The predicted molar refractivity (Wildman–Crippen MR) is 344 cm³/mol. The molecular weight excluding hydrogens is 1010 g/mol. The fourth-order valence-corrected chi connectivity index (χ4v) is 10.3. The van der Waals surface area contributed by atoms with Gasteiger partial charge in [0.1, 0.15) is 19.8 Å².